The number of carbonyl (C=O) groups is 1. The Morgan fingerprint density at radius 3 is 2.62 bits per heavy atom. The van der Waals surface area contributed by atoms with E-state index in [1.54, 1.807) is 0 Å². The summed E-state index contributed by atoms with van der Waals surface area (Å²) in [5.41, 5.74) is 6.25. The first-order valence-corrected chi connectivity index (χ1v) is 8.10. The van der Waals surface area contributed by atoms with Gasteiger partial charge in [-0.05, 0) is 18.4 Å². The summed E-state index contributed by atoms with van der Waals surface area (Å²) in [4.78, 5) is 21.8. The molecule has 0 spiro atoms. The molecule has 0 saturated heterocycles. The molecule has 0 aliphatic carbocycles. The van der Waals surface area contributed by atoms with Crippen LogP contribution in [0, 0.1) is 10.1 Å². The van der Waals surface area contributed by atoms with Crippen LogP contribution in [0.4, 0.5) is 0 Å². The second-order valence-corrected chi connectivity index (χ2v) is 5.67. The number of amides is 1. The zero-order valence-electron chi connectivity index (χ0n) is 13.3. The number of carbonyl (C=O) groups excluding carboxylic acids is 1. The molecule has 1 rings (SSSR count). The SMILES string of the molecule is N/C(=N/[N+](=O)[O-])NCCCCCC(=O)NCC(Cl)c1ccccc1. The molecule has 1 aromatic carbocycles. The monoisotopic (exact) mass is 355 g/mol. The number of guanidine groups is 1. The third kappa shape index (κ3) is 8.94. The van der Waals surface area contributed by atoms with Crippen molar-refractivity contribution in [1.82, 2.24) is 10.6 Å². The largest absolute Gasteiger partial charge is 0.365 e. The smallest absolute Gasteiger partial charge is 0.266 e. The second-order valence-electron chi connectivity index (χ2n) is 5.14. The Balaban J connectivity index is 2.07. The number of rotatable bonds is 10. The Kier molecular flexibility index (Phi) is 9.21. The van der Waals surface area contributed by atoms with E-state index < -0.39 is 5.03 Å². The van der Waals surface area contributed by atoms with Gasteiger partial charge >= 0.3 is 0 Å². The summed E-state index contributed by atoms with van der Waals surface area (Å²) in [6, 6.07) is 9.57. The summed E-state index contributed by atoms with van der Waals surface area (Å²) >= 11 is 6.22. The van der Waals surface area contributed by atoms with Crippen LogP contribution in [-0.4, -0.2) is 30.0 Å². The topological polar surface area (TPSA) is 123 Å². The zero-order valence-corrected chi connectivity index (χ0v) is 14.0. The number of hydrazone groups is 1. The molecule has 1 aromatic rings. The third-order valence-electron chi connectivity index (χ3n) is 3.22. The highest BCUT2D eigenvalue weighted by Gasteiger charge is 2.09. The van der Waals surface area contributed by atoms with E-state index in [0.717, 1.165) is 24.8 Å². The Morgan fingerprint density at radius 2 is 1.96 bits per heavy atom. The highest BCUT2D eigenvalue weighted by molar-refractivity contribution is 6.21. The van der Waals surface area contributed by atoms with Crippen LogP contribution in [0.1, 0.15) is 36.6 Å². The van der Waals surface area contributed by atoms with E-state index >= 15 is 0 Å². The molecule has 1 atom stereocenters. The molecule has 0 aliphatic heterocycles. The molecule has 9 heteroatoms. The second kappa shape index (κ2) is 11.2. The van der Waals surface area contributed by atoms with Crippen molar-refractivity contribution in [2.45, 2.75) is 31.1 Å². The predicted molar refractivity (Wildman–Crippen MR) is 93.1 cm³/mol. The van der Waals surface area contributed by atoms with E-state index in [0.29, 0.717) is 19.5 Å². The van der Waals surface area contributed by atoms with Crippen LogP contribution >= 0.6 is 11.6 Å². The summed E-state index contributed by atoms with van der Waals surface area (Å²) in [6.07, 6.45) is 2.67. The molecule has 0 saturated carbocycles. The van der Waals surface area contributed by atoms with Gasteiger partial charge in [-0.25, -0.2) is 10.1 Å². The van der Waals surface area contributed by atoms with Gasteiger partial charge in [-0.2, -0.15) is 0 Å². The molecule has 1 amide bonds. The van der Waals surface area contributed by atoms with Crippen molar-refractivity contribution < 1.29 is 9.83 Å². The van der Waals surface area contributed by atoms with Gasteiger partial charge in [-0.15, -0.1) is 11.6 Å². The average molecular weight is 356 g/mol. The van der Waals surface area contributed by atoms with Crippen molar-refractivity contribution in [1.29, 1.82) is 0 Å². The van der Waals surface area contributed by atoms with Crippen LogP contribution in [0.25, 0.3) is 0 Å². The fourth-order valence-corrected chi connectivity index (χ4v) is 2.22. The summed E-state index contributed by atoms with van der Waals surface area (Å²) in [7, 11) is 0. The molecule has 24 heavy (non-hydrogen) atoms. The van der Waals surface area contributed by atoms with Crippen molar-refractivity contribution in [3.63, 3.8) is 0 Å². The first kappa shape index (κ1) is 19.7. The predicted octanol–water partition coefficient (Wildman–Crippen LogP) is 1.74. The molecule has 0 bridgehead atoms. The molecule has 4 N–H and O–H groups in total. The number of nitrogens with two attached hydrogens (primary N) is 1. The number of alkyl halides is 1. The average Bonchev–Trinajstić information content (AvgIpc) is 2.56. The molecule has 0 aromatic heterocycles. The zero-order chi connectivity index (χ0) is 17.8. The minimum Gasteiger partial charge on any atom is -0.365 e. The van der Waals surface area contributed by atoms with Crippen LogP contribution in [0.5, 0.6) is 0 Å². The Labute approximate surface area is 145 Å². The number of hydrogen-bond donors (Lipinski definition) is 3. The normalized spacial score (nSPS) is 12.5. The highest BCUT2D eigenvalue weighted by Crippen LogP contribution is 2.18. The lowest BCUT2D eigenvalue weighted by atomic mass is 10.1. The van der Waals surface area contributed by atoms with E-state index in [2.05, 4.69) is 15.7 Å². The minimum atomic E-state index is -0.855. The number of nitrogens with zero attached hydrogens (tertiary/aromatic N) is 2. The van der Waals surface area contributed by atoms with E-state index in [9.17, 15) is 14.9 Å². The van der Waals surface area contributed by atoms with Gasteiger partial charge in [0, 0.05) is 19.5 Å². The van der Waals surface area contributed by atoms with Crippen LogP contribution in [0.3, 0.4) is 0 Å². The van der Waals surface area contributed by atoms with Crippen molar-refractivity contribution in [2.75, 3.05) is 13.1 Å². The summed E-state index contributed by atoms with van der Waals surface area (Å²) < 4.78 is 0. The molecule has 132 valence electrons. The molecule has 0 aliphatic rings. The standard InChI is InChI=1S/C15H22ClN5O3/c16-13(12-7-3-1-4-8-12)11-19-14(22)9-5-2-6-10-18-15(17)20-21(23)24/h1,3-4,7-8,13H,2,5-6,9-11H2,(H,19,22)(H3,17,18,20). The molecule has 0 radical (unpaired) electrons. The quantitative estimate of drug-likeness (QED) is 0.147. The van der Waals surface area contributed by atoms with Gasteiger partial charge < -0.3 is 16.4 Å². The fraction of sp³-hybridized carbons (Fsp3) is 0.467. The van der Waals surface area contributed by atoms with Gasteiger partial charge in [0.1, 0.15) is 5.10 Å². The van der Waals surface area contributed by atoms with E-state index in [1.807, 2.05) is 30.3 Å². The number of hydrogen-bond acceptors (Lipinski definition) is 3. The fourth-order valence-electron chi connectivity index (χ4n) is 2.00. The van der Waals surface area contributed by atoms with Crippen molar-refractivity contribution >= 4 is 23.5 Å². The molecule has 1 unspecified atom stereocenters. The van der Waals surface area contributed by atoms with Crippen molar-refractivity contribution in [3.8, 4) is 0 Å². The van der Waals surface area contributed by atoms with Crippen LogP contribution in [-0.2, 0) is 4.79 Å². The van der Waals surface area contributed by atoms with Crippen molar-refractivity contribution in [3.05, 3.63) is 46.0 Å². The van der Waals surface area contributed by atoms with Crippen LogP contribution in [0.15, 0.2) is 35.4 Å². The summed E-state index contributed by atoms with van der Waals surface area (Å²) in [5, 5.41) is 17.3. The summed E-state index contributed by atoms with van der Waals surface area (Å²) in [5.74, 6) is -0.259. The molecule has 8 nitrogen and oxygen atoms in total. The van der Waals surface area contributed by atoms with Crippen LogP contribution in [0.2, 0.25) is 0 Å². The van der Waals surface area contributed by atoms with Crippen molar-refractivity contribution in [2.24, 2.45) is 10.8 Å². The van der Waals surface area contributed by atoms with E-state index in [-0.39, 0.29) is 17.2 Å². The van der Waals surface area contributed by atoms with Gasteiger partial charge in [-0.1, -0.05) is 36.8 Å². The maximum absolute atomic E-state index is 11.7. The maximum atomic E-state index is 11.7. The van der Waals surface area contributed by atoms with Crippen LogP contribution < -0.4 is 16.4 Å². The maximum Gasteiger partial charge on any atom is 0.266 e. The molecule has 0 heterocycles. The molecular formula is C15H22ClN5O3. The first-order valence-electron chi connectivity index (χ1n) is 7.67. The number of nitrogens with one attached hydrogen (secondary N) is 2. The summed E-state index contributed by atoms with van der Waals surface area (Å²) in [6.45, 7) is 0.863. The Morgan fingerprint density at radius 1 is 1.25 bits per heavy atom. The highest BCUT2D eigenvalue weighted by atomic mass is 35.5. The van der Waals surface area contributed by atoms with Gasteiger partial charge in [0.15, 0.2) is 5.03 Å². The van der Waals surface area contributed by atoms with Gasteiger partial charge in [0.2, 0.25) is 5.91 Å². The lowest BCUT2D eigenvalue weighted by molar-refractivity contribution is -0.485. The number of halogens is 1. The van der Waals surface area contributed by atoms with Gasteiger partial charge in [0.25, 0.3) is 5.96 Å². The van der Waals surface area contributed by atoms with Gasteiger partial charge in [0.05, 0.1) is 5.38 Å². The number of unbranched alkanes of at least 4 members (excludes halogenated alkanes) is 2. The number of nitro groups is 1. The Hall–Kier alpha value is -2.35. The van der Waals surface area contributed by atoms with E-state index in [1.165, 1.54) is 0 Å². The molecular weight excluding hydrogens is 334 g/mol. The van der Waals surface area contributed by atoms with Gasteiger partial charge in [-0.3, -0.25) is 4.79 Å². The lowest BCUT2D eigenvalue weighted by Crippen LogP contribution is -2.33. The molecule has 0 fully saturated rings. The third-order valence-corrected chi connectivity index (χ3v) is 3.62. The lowest BCUT2D eigenvalue weighted by Gasteiger charge is -2.11. The number of benzene rings is 1. The van der Waals surface area contributed by atoms with E-state index in [4.69, 9.17) is 17.3 Å². The Bertz CT molecular complexity index is 553. The first-order chi connectivity index (χ1) is 11.5. The minimum absolute atomic E-state index is 0.0426.